The lowest BCUT2D eigenvalue weighted by Crippen LogP contribution is -2.26. The monoisotopic (exact) mass is 356 g/mol. The van der Waals surface area contributed by atoms with Crippen LogP contribution in [-0.4, -0.2) is 37.2 Å². The third-order valence-corrected chi connectivity index (χ3v) is 4.30. The number of ether oxygens (including phenoxy) is 1. The molecule has 0 unspecified atom stereocenters. The molecule has 9 heteroatoms. The third-order valence-electron chi connectivity index (χ3n) is 4.03. The molecule has 1 saturated heterocycles. The summed E-state index contributed by atoms with van der Waals surface area (Å²) in [6, 6.07) is 8.98. The predicted octanol–water partition coefficient (Wildman–Crippen LogP) is 2.36. The summed E-state index contributed by atoms with van der Waals surface area (Å²) in [5.41, 5.74) is 4.17. The Morgan fingerprint density at radius 3 is 2.88 bits per heavy atom. The topological polar surface area (TPSA) is 89.8 Å². The molecule has 8 nitrogen and oxygen atoms in total. The van der Waals surface area contributed by atoms with Crippen LogP contribution in [0.1, 0.15) is 35.1 Å². The Bertz CT molecular complexity index is 922. The van der Waals surface area contributed by atoms with Gasteiger partial charge in [-0.15, -0.1) is 0 Å². The van der Waals surface area contributed by atoms with E-state index in [0.717, 1.165) is 18.5 Å². The van der Waals surface area contributed by atoms with E-state index in [4.69, 9.17) is 17.0 Å². The molecule has 128 valence electrons. The van der Waals surface area contributed by atoms with Gasteiger partial charge in [-0.25, -0.2) is 9.36 Å². The summed E-state index contributed by atoms with van der Waals surface area (Å²) in [4.78, 5) is 12.5. The Hall–Kier alpha value is -2.78. The van der Waals surface area contributed by atoms with Crippen LogP contribution in [0.25, 0.3) is 5.69 Å². The Morgan fingerprint density at radius 2 is 2.20 bits per heavy atom. The van der Waals surface area contributed by atoms with Crippen LogP contribution < -0.4 is 5.43 Å². The lowest BCUT2D eigenvalue weighted by atomic mass is 10.2. The maximum atomic E-state index is 12.5. The SMILES string of the molecule is O=C(Nn1c([C@@H]2CCCO2)n[nH]c1=S)c1ccc(-n2cccn2)cc1. The number of nitrogens with one attached hydrogen (secondary N) is 2. The molecule has 1 amide bonds. The molecule has 0 spiro atoms. The van der Waals surface area contributed by atoms with Crippen LogP contribution in [0.3, 0.4) is 0 Å². The normalized spacial score (nSPS) is 16.9. The van der Waals surface area contributed by atoms with Crippen molar-refractivity contribution in [3.05, 3.63) is 58.9 Å². The van der Waals surface area contributed by atoms with Gasteiger partial charge in [-0.2, -0.15) is 10.2 Å². The van der Waals surface area contributed by atoms with E-state index in [1.54, 1.807) is 23.0 Å². The number of carbonyl (C=O) groups excluding carboxylic acids is 1. The molecule has 0 saturated carbocycles. The first-order valence-electron chi connectivity index (χ1n) is 7.93. The van der Waals surface area contributed by atoms with Crippen molar-refractivity contribution in [2.45, 2.75) is 18.9 Å². The van der Waals surface area contributed by atoms with E-state index in [2.05, 4.69) is 20.7 Å². The second kappa shape index (κ2) is 6.61. The van der Waals surface area contributed by atoms with E-state index in [9.17, 15) is 4.79 Å². The average molecular weight is 356 g/mol. The molecule has 1 aliphatic heterocycles. The quantitative estimate of drug-likeness (QED) is 0.701. The van der Waals surface area contributed by atoms with Crippen molar-refractivity contribution in [3.63, 3.8) is 0 Å². The number of amides is 1. The van der Waals surface area contributed by atoms with Gasteiger partial charge in [0, 0.05) is 24.6 Å². The highest BCUT2D eigenvalue weighted by molar-refractivity contribution is 7.71. The van der Waals surface area contributed by atoms with Gasteiger partial charge < -0.3 is 4.74 Å². The maximum Gasteiger partial charge on any atom is 0.270 e. The molecule has 2 aromatic heterocycles. The first-order valence-corrected chi connectivity index (χ1v) is 8.33. The number of aromatic nitrogens is 5. The lowest BCUT2D eigenvalue weighted by Gasteiger charge is -2.12. The number of H-pyrrole nitrogens is 1. The van der Waals surface area contributed by atoms with Gasteiger partial charge in [0.2, 0.25) is 4.77 Å². The average Bonchev–Trinajstić information content (AvgIpc) is 3.38. The molecule has 1 atom stereocenters. The lowest BCUT2D eigenvalue weighted by molar-refractivity contribution is 0.0969. The van der Waals surface area contributed by atoms with Gasteiger partial charge in [-0.05, 0) is 55.4 Å². The van der Waals surface area contributed by atoms with Crippen LogP contribution in [0, 0.1) is 4.77 Å². The van der Waals surface area contributed by atoms with Gasteiger partial charge in [0.1, 0.15) is 6.10 Å². The van der Waals surface area contributed by atoms with Crippen LogP contribution in [0.5, 0.6) is 0 Å². The minimum Gasteiger partial charge on any atom is -0.370 e. The van der Waals surface area contributed by atoms with E-state index in [-0.39, 0.29) is 12.0 Å². The number of hydrogen-bond donors (Lipinski definition) is 2. The third kappa shape index (κ3) is 3.11. The highest BCUT2D eigenvalue weighted by Gasteiger charge is 2.24. The van der Waals surface area contributed by atoms with Gasteiger partial charge in [-0.3, -0.25) is 15.3 Å². The van der Waals surface area contributed by atoms with Gasteiger partial charge >= 0.3 is 0 Å². The van der Waals surface area contributed by atoms with Crippen LogP contribution in [0.15, 0.2) is 42.7 Å². The number of carbonyl (C=O) groups is 1. The van der Waals surface area contributed by atoms with Gasteiger partial charge in [0.05, 0.1) is 5.69 Å². The molecular weight excluding hydrogens is 340 g/mol. The molecule has 3 aromatic rings. The number of nitrogens with zero attached hydrogens (tertiary/aromatic N) is 4. The highest BCUT2D eigenvalue weighted by Crippen LogP contribution is 2.26. The Morgan fingerprint density at radius 1 is 1.36 bits per heavy atom. The van der Waals surface area contributed by atoms with Crippen molar-refractivity contribution >= 4 is 18.1 Å². The van der Waals surface area contributed by atoms with Gasteiger partial charge in [0.25, 0.3) is 5.91 Å². The minimum absolute atomic E-state index is 0.157. The zero-order chi connectivity index (χ0) is 17.2. The van der Waals surface area contributed by atoms with Crippen LogP contribution >= 0.6 is 12.2 Å². The van der Waals surface area contributed by atoms with E-state index in [1.165, 1.54) is 4.68 Å². The summed E-state index contributed by atoms with van der Waals surface area (Å²) in [6.45, 7) is 0.688. The fraction of sp³-hybridized carbons (Fsp3) is 0.250. The summed E-state index contributed by atoms with van der Waals surface area (Å²) in [5, 5.41) is 11.1. The van der Waals surface area contributed by atoms with E-state index in [0.29, 0.717) is 22.8 Å². The van der Waals surface area contributed by atoms with E-state index in [1.807, 2.05) is 24.4 Å². The minimum atomic E-state index is -0.274. The standard InChI is InChI=1S/C16H16N6O2S/c23-15(11-4-6-12(7-5-11)21-9-2-8-17-21)20-22-14(18-19-16(22)25)13-3-1-10-24-13/h2,4-9,13H,1,3,10H2,(H,19,25)(H,20,23)/t13-/m0/s1. The summed E-state index contributed by atoms with van der Waals surface area (Å²) < 4.78 is 9.16. The predicted molar refractivity (Wildman–Crippen MR) is 92.6 cm³/mol. The van der Waals surface area contributed by atoms with Crippen molar-refractivity contribution < 1.29 is 9.53 Å². The van der Waals surface area contributed by atoms with Crippen LogP contribution in [0.4, 0.5) is 0 Å². The molecular formula is C16H16N6O2S. The number of aromatic amines is 1. The number of hydrogen-bond acceptors (Lipinski definition) is 5. The number of benzene rings is 1. The Labute approximate surface area is 148 Å². The van der Waals surface area contributed by atoms with Crippen molar-refractivity contribution in [1.29, 1.82) is 0 Å². The zero-order valence-corrected chi connectivity index (χ0v) is 14.1. The summed E-state index contributed by atoms with van der Waals surface area (Å²) in [5.74, 6) is 0.313. The molecule has 2 N–H and O–H groups in total. The summed E-state index contributed by atoms with van der Waals surface area (Å²) in [7, 11) is 0. The smallest absolute Gasteiger partial charge is 0.270 e. The summed E-state index contributed by atoms with van der Waals surface area (Å²) in [6.07, 6.45) is 5.21. The molecule has 25 heavy (non-hydrogen) atoms. The first kappa shape index (κ1) is 15.7. The Balaban J connectivity index is 1.54. The fourth-order valence-corrected chi connectivity index (χ4v) is 2.95. The molecule has 3 heterocycles. The maximum absolute atomic E-state index is 12.5. The molecule has 0 radical (unpaired) electrons. The number of rotatable bonds is 4. The van der Waals surface area contributed by atoms with Gasteiger partial charge in [-0.1, -0.05) is 0 Å². The van der Waals surface area contributed by atoms with Crippen molar-refractivity contribution in [2.75, 3.05) is 12.0 Å². The second-order valence-electron chi connectivity index (χ2n) is 5.66. The van der Waals surface area contributed by atoms with Crippen molar-refractivity contribution in [3.8, 4) is 5.69 Å². The van der Waals surface area contributed by atoms with E-state index >= 15 is 0 Å². The van der Waals surface area contributed by atoms with Crippen LogP contribution in [0.2, 0.25) is 0 Å². The first-order chi connectivity index (χ1) is 12.2. The van der Waals surface area contributed by atoms with Crippen LogP contribution in [-0.2, 0) is 4.74 Å². The second-order valence-corrected chi connectivity index (χ2v) is 6.05. The molecule has 1 aliphatic rings. The largest absolute Gasteiger partial charge is 0.370 e. The zero-order valence-electron chi connectivity index (χ0n) is 13.3. The van der Waals surface area contributed by atoms with Crippen molar-refractivity contribution in [2.24, 2.45) is 0 Å². The summed E-state index contributed by atoms with van der Waals surface area (Å²) >= 11 is 5.21. The molecule has 0 aliphatic carbocycles. The van der Waals surface area contributed by atoms with Crippen molar-refractivity contribution in [1.82, 2.24) is 24.7 Å². The molecule has 4 rings (SSSR count). The Kier molecular flexibility index (Phi) is 4.16. The molecule has 1 aromatic carbocycles. The van der Waals surface area contributed by atoms with Gasteiger partial charge in [0.15, 0.2) is 5.82 Å². The molecule has 1 fully saturated rings. The highest BCUT2D eigenvalue weighted by atomic mass is 32.1. The fourth-order valence-electron chi connectivity index (χ4n) is 2.77. The van der Waals surface area contributed by atoms with E-state index < -0.39 is 0 Å². The molecule has 0 bridgehead atoms.